The summed E-state index contributed by atoms with van der Waals surface area (Å²) in [5.74, 6) is 3.15. The summed E-state index contributed by atoms with van der Waals surface area (Å²) in [5.41, 5.74) is 1.26. The Labute approximate surface area is 268 Å². The number of methoxy groups -OCH3 is 2. The molecule has 0 aliphatic carbocycles. The molecular formula is C35H49N5O5. The number of hydrogen-bond acceptors (Lipinski definition) is 9. The summed E-state index contributed by atoms with van der Waals surface area (Å²) in [6.45, 7) is 8.85. The Bertz CT molecular complexity index is 1330. The highest BCUT2D eigenvalue weighted by atomic mass is 16.6. The molecule has 2 heterocycles. The van der Waals surface area contributed by atoms with Gasteiger partial charge < -0.3 is 29.2 Å². The van der Waals surface area contributed by atoms with Crippen molar-refractivity contribution in [2.75, 3.05) is 57.3 Å². The molecule has 0 spiro atoms. The van der Waals surface area contributed by atoms with Gasteiger partial charge in [-0.1, -0.05) is 45.6 Å². The Kier molecular flexibility index (Phi) is 13.6. The molecule has 1 aromatic heterocycles. The summed E-state index contributed by atoms with van der Waals surface area (Å²) < 4.78 is 22.8. The molecule has 45 heavy (non-hydrogen) atoms. The first-order valence-electron chi connectivity index (χ1n) is 16.2. The number of carbonyl (C=O) groups is 1. The standard InChI is InChI=1S/C35H49N5O5/c1-27(2)13-7-5-10-23-45-35(41)40(31-17-16-29(42-3)26-32(31)43-4)33-18-19-36-34(38-33)37-28-14-11-15-30(25-28)44-24-12-22-39-20-8-6-9-21-39/h11,14-19,25-27H,5-10,12-13,20-24H2,1-4H3,(H,36,37,38). The first-order valence-corrected chi connectivity index (χ1v) is 16.2. The van der Waals surface area contributed by atoms with Gasteiger partial charge in [0.1, 0.15) is 23.1 Å². The van der Waals surface area contributed by atoms with Crippen molar-refractivity contribution in [1.29, 1.82) is 0 Å². The molecule has 1 aliphatic rings. The van der Waals surface area contributed by atoms with Crippen molar-refractivity contribution < 1.29 is 23.7 Å². The van der Waals surface area contributed by atoms with E-state index < -0.39 is 6.09 Å². The number of ether oxygens (including phenoxy) is 4. The van der Waals surface area contributed by atoms with Gasteiger partial charge in [-0.2, -0.15) is 4.98 Å². The summed E-state index contributed by atoms with van der Waals surface area (Å²) >= 11 is 0. The minimum Gasteiger partial charge on any atom is -0.497 e. The number of likely N-dealkylation sites (tertiary alicyclic amines) is 1. The zero-order valence-electron chi connectivity index (χ0n) is 27.3. The number of nitrogens with one attached hydrogen (secondary N) is 1. The SMILES string of the molecule is COc1ccc(N(C(=O)OCCCCCC(C)C)c2ccnc(Nc3cccc(OCCCN4CCCCC4)c3)n2)c(OC)c1. The van der Waals surface area contributed by atoms with E-state index in [-0.39, 0.29) is 0 Å². The third kappa shape index (κ3) is 10.8. The number of rotatable bonds is 17. The van der Waals surface area contributed by atoms with Gasteiger partial charge in [-0.05, 0) is 69.0 Å². The van der Waals surface area contributed by atoms with Crippen LogP contribution in [0.3, 0.4) is 0 Å². The molecule has 10 nitrogen and oxygen atoms in total. The average Bonchev–Trinajstić information content (AvgIpc) is 3.05. The topological polar surface area (TPSA) is 98.3 Å². The van der Waals surface area contributed by atoms with Gasteiger partial charge in [-0.15, -0.1) is 0 Å². The molecule has 1 fully saturated rings. The molecule has 2 aromatic carbocycles. The van der Waals surface area contributed by atoms with Crippen LogP contribution in [-0.4, -0.2) is 68.0 Å². The molecular weight excluding hydrogens is 570 g/mol. The van der Waals surface area contributed by atoms with Crippen LogP contribution in [0.1, 0.15) is 65.2 Å². The molecule has 1 amide bonds. The van der Waals surface area contributed by atoms with Gasteiger partial charge in [0.05, 0.1) is 33.1 Å². The Morgan fingerprint density at radius 2 is 1.78 bits per heavy atom. The number of hydrogen-bond donors (Lipinski definition) is 1. The Morgan fingerprint density at radius 3 is 2.56 bits per heavy atom. The lowest BCUT2D eigenvalue weighted by molar-refractivity contribution is 0.153. The first kappa shape index (κ1) is 33.8. The molecule has 0 atom stereocenters. The molecule has 244 valence electrons. The van der Waals surface area contributed by atoms with Crippen LogP contribution in [0.25, 0.3) is 0 Å². The molecule has 1 N–H and O–H groups in total. The van der Waals surface area contributed by atoms with E-state index in [1.165, 1.54) is 37.3 Å². The number of unbranched alkanes of at least 4 members (excludes halogenated alkanes) is 2. The fourth-order valence-corrected chi connectivity index (χ4v) is 5.33. The van der Waals surface area contributed by atoms with Crippen LogP contribution >= 0.6 is 0 Å². The van der Waals surface area contributed by atoms with E-state index in [1.807, 2.05) is 24.3 Å². The number of piperidine rings is 1. The Hall–Kier alpha value is -4.05. The maximum absolute atomic E-state index is 13.6. The second kappa shape index (κ2) is 18.0. The molecule has 4 rings (SSSR count). The van der Waals surface area contributed by atoms with E-state index >= 15 is 0 Å². The molecule has 3 aromatic rings. The number of anilines is 4. The minimum absolute atomic E-state index is 0.312. The fraction of sp³-hybridized carbons (Fsp3) is 0.514. The monoisotopic (exact) mass is 619 g/mol. The van der Waals surface area contributed by atoms with Gasteiger partial charge in [0.2, 0.25) is 5.95 Å². The van der Waals surface area contributed by atoms with Crippen molar-refractivity contribution >= 4 is 29.2 Å². The Morgan fingerprint density at radius 1 is 0.933 bits per heavy atom. The van der Waals surface area contributed by atoms with Gasteiger partial charge in [-0.3, -0.25) is 0 Å². The highest BCUT2D eigenvalue weighted by Crippen LogP contribution is 2.37. The third-order valence-corrected chi connectivity index (χ3v) is 7.76. The zero-order valence-corrected chi connectivity index (χ0v) is 27.3. The van der Waals surface area contributed by atoms with Gasteiger partial charge >= 0.3 is 6.09 Å². The largest absolute Gasteiger partial charge is 0.497 e. The summed E-state index contributed by atoms with van der Waals surface area (Å²) in [5, 5.41) is 3.25. The van der Waals surface area contributed by atoms with Crippen LogP contribution < -0.4 is 24.4 Å². The molecule has 1 aliphatic heterocycles. The van der Waals surface area contributed by atoms with Gasteiger partial charge in [0.15, 0.2) is 0 Å². The normalized spacial score (nSPS) is 13.4. The highest BCUT2D eigenvalue weighted by molar-refractivity contribution is 5.97. The van der Waals surface area contributed by atoms with E-state index in [9.17, 15) is 4.79 Å². The number of carbonyl (C=O) groups excluding carboxylic acids is 1. The van der Waals surface area contributed by atoms with Crippen LogP contribution in [0, 0.1) is 5.92 Å². The fourth-order valence-electron chi connectivity index (χ4n) is 5.33. The van der Waals surface area contributed by atoms with Gasteiger partial charge in [-0.25, -0.2) is 14.7 Å². The second-order valence-corrected chi connectivity index (χ2v) is 11.7. The minimum atomic E-state index is -0.549. The van der Waals surface area contributed by atoms with Crippen LogP contribution in [0.2, 0.25) is 0 Å². The molecule has 0 bridgehead atoms. The van der Waals surface area contributed by atoms with Crippen LogP contribution in [-0.2, 0) is 4.74 Å². The number of amides is 1. The predicted octanol–water partition coefficient (Wildman–Crippen LogP) is 7.98. The van der Waals surface area contributed by atoms with Crippen LogP contribution in [0.5, 0.6) is 17.2 Å². The van der Waals surface area contributed by atoms with E-state index in [4.69, 9.17) is 18.9 Å². The number of benzene rings is 2. The maximum Gasteiger partial charge on any atom is 0.420 e. The first-order chi connectivity index (χ1) is 22.0. The number of aromatic nitrogens is 2. The predicted molar refractivity (Wildman–Crippen MR) is 178 cm³/mol. The second-order valence-electron chi connectivity index (χ2n) is 11.7. The molecule has 0 unspecified atom stereocenters. The lowest BCUT2D eigenvalue weighted by atomic mass is 10.1. The van der Waals surface area contributed by atoms with E-state index in [2.05, 4.69) is 34.0 Å². The van der Waals surface area contributed by atoms with Crippen molar-refractivity contribution in [2.24, 2.45) is 5.92 Å². The van der Waals surface area contributed by atoms with Crippen molar-refractivity contribution in [3.8, 4) is 17.2 Å². The summed E-state index contributed by atoms with van der Waals surface area (Å²) in [7, 11) is 3.13. The molecule has 1 saturated heterocycles. The lowest BCUT2D eigenvalue weighted by Crippen LogP contribution is -2.31. The van der Waals surface area contributed by atoms with Crippen LogP contribution in [0.15, 0.2) is 54.7 Å². The van der Waals surface area contributed by atoms with E-state index in [1.54, 1.807) is 44.7 Å². The molecule has 10 heteroatoms. The quantitative estimate of drug-likeness (QED) is 0.151. The summed E-state index contributed by atoms with van der Waals surface area (Å²) in [4.78, 5) is 26.6. The zero-order chi connectivity index (χ0) is 31.9. The molecule has 0 saturated carbocycles. The number of nitrogens with zero attached hydrogens (tertiary/aromatic N) is 4. The molecule has 0 radical (unpaired) electrons. The van der Waals surface area contributed by atoms with E-state index in [0.717, 1.165) is 50.1 Å². The van der Waals surface area contributed by atoms with Gasteiger partial charge in [0, 0.05) is 36.6 Å². The summed E-state index contributed by atoms with van der Waals surface area (Å²) in [6, 6.07) is 14.6. The van der Waals surface area contributed by atoms with Crippen molar-refractivity contribution in [1.82, 2.24) is 14.9 Å². The smallest absolute Gasteiger partial charge is 0.420 e. The lowest BCUT2D eigenvalue weighted by Gasteiger charge is -2.26. The van der Waals surface area contributed by atoms with Crippen molar-refractivity contribution in [3.05, 3.63) is 54.7 Å². The van der Waals surface area contributed by atoms with Crippen molar-refractivity contribution in [2.45, 2.75) is 65.2 Å². The van der Waals surface area contributed by atoms with E-state index in [0.29, 0.717) is 48.1 Å². The van der Waals surface area contributed by atoms with Crippen molar-refractivity contribution in [3.63, 3.8) is 0 Å². The highest BCUT2D eigenvalue weighted by Gasteiger charge is 2.25. The third-order valence-electron chi connectivity index (χ3n) is 7.76. The maximum atomic E-state index is 13.6. The summed E-state index contributed by atoms with van der Waals surface area (Å²) in [6.07, 6.45) is 10.0. The van der Waals surface area contributed by atoms with Crippen LogP contribution in [0.4, 0.5) is 27.9 Å². The van der Waals surface area contributed by atoms with Gasteiger partial charge in [0.25, 0.3) is 0 Å². The average molecular weight is 620 g/mol. The Balaban J connectivity index is 1.45.